The fraction of sp³-hybridized carbons (Fsp3) is 0.714. The van der Waals surface area contributed by atoms with Crippen molar-refractivity contribution in [1.29, 1.82) is 0 Å². The first kappa shape index (κ1) is 15.4. The topological polar surface area (TPSA) is 50.2 Å². The van der Waals surface area contributed by atoms with Gasteiger partial charge in [-0.1, -0.05) is 6.92 Å². The van der Waals surface area contributed by atoms with Crippen molar-refractivity contribution in [2.24, 2.45) is 5.92 Å². The highest BCUT2D eigenvalue weighted by Crippen LogP contribution is 2.12. The van der Waals surface area contributed by atoms with Crippen LogP contribution >= 0.6 is 11.8 Å². The Hall–Kier alpha value is -1.01. The second-order valence-corrected chi connectivity index (χ2v) is 6.63. The summed E-state index contributed by atoms with van der Waals surface area (Å²) < 4.78 is 1.90. The first-order valence-electron chi connectivity index (χ1n) is 7.23. The van der Waals surface area contributed by atoms with E-state index in [1.54, 1.807) is 6.20 Å². The van der Waals surface area contributed by atoms with Gasteiger partial charge in [0.15, 0.2) is 0 Å². The number of nitrogens with zero attached hydrogens (tertiary/aromatic N) is 3. The lowest BCUT2D eigenvalue weighted by Crippen LogP contribution is -2.49. The van der Waals surface area contributed by atoms with Gasteiger partial charge in [0.25, 0.3) is 0 Å². The Kier molecular flexibility index (Phi) is 5.91. The predicted molar refractivity (Wildman–Crippen MR) is 82.8 cm³/mol. The van der Waals surface area contributed by atoms with Crippen LogP contribution in [0.25, 0.3) is 0 Å². The first-order valence-corrected chi connectivity index (χ1v) is 8.39. The number of hydrogen-bond acceptors (Lipinski definition) is 4. The van der Waals surface area contributed by atoms with E-state index in [0.717, 1.165) is 31.1 Å². The maximum Gasteiger partial charge on any atom is 0.237 e. The normalized spacial score (nSPS) is 19.5. The maximum atomic E-state index is 12.2. The van der Waals surface area contributed by atoms with Gasteiger partial charge in [0.05, 0.1) is 6.04 Å². The van der Waals surface area contributed by atoms with Crippen molar-refractivity contribution < 1.29 is 4.79 Å². The minimum absolute atomic E-state index is 0.0206. The summed E-state index contributed by atoms with van der Waals surface area (Å²) in [5.41, 5.74) is 0. The van der Waals surface area contributed by atoms with E-state index >= 15 is 0 Å². The van der Waals surface area contributed by atoms with Crippen LogP contribution in [0.4, 0.5) is 0 Å². The highest BCUT2D eigenvalue weighted by molar-refractivity contribution is 7.99. The van der Waals surface area contributed by atoms with Crippen LogP contribution in [0.15, 0.2) is 18.5 Å². The van der Waals surface area contributed by atoms with Gasteiger partial charge in [-0.05, 0) is 18.9 Å². The molecule has 0 radical (unpaired) electrons. The molecule has 1 fully saturated rings. The first-order chi connectivity index (χ1) is 9.66. The standard InChI is InChI=1S/C14H24N4OS/c1-12(11-18-5-3-4-16-18)10-15-14(19)13(2)17-6-8-20-9-7-17/h3-5,12-13H,6-11H2,1-2H3,(H,15,19)/t12-,13-/m0/s1. The average Bonchev–Trinajstić information content (AvgIpc) is 2.97. The molecule has 1 aliphatic heterocycles. The zero-order valence-electron chi connectivity index (χ0n) is 12.3. The van der Waals surface area contributed by atoms with Crippen LogP contribution in [-0.4, -0.2) is 57.8 Å². The summed E-state index contributed by atoms with van der Waals surface area (Å²) >= 11 is 1.97. The number of thioether (sulfide) groups is 1. The molecule has 1 aromatic rings. The second-order valence-electron chi connectivity index (χ2n) is 5.40. The minimum Gasteiger partial charge on any atom is -0.354 e. The smallest absolute Gasteiger partial charge is 0.237 e. The third-order valence-electron chi connectivity index (χ3n) is 3.66. The second kappa shape index (κ2) is 7.69. The zero-order valence-corrected chi connectivity index (χ0v) is 13.1. The summed E-state index contributed by atoms with van der Waals surface area (Å²) in [6.07, 6.45) is 3.73. The van der Waals surface area contributed by atoms with E-state index in [1.165, 1.54) is 0 Å². The highest BCUT2D eigenvalue weighted by atomic mass is 32.2. The molecular weight excluding hydrogens is 272 g/mol. The van der Waals surface area contributed by atoms with Crippen molar-refractivity contribution in [2.75, 3.05) is 31.1 Å². The molecule has 0 aliphatic carbocycles. The Balaban J connectivity index is 1.70. The Morgan fingerprint density at radius 3 is 2.80 bits per heavy atom. The Bertz CT molecular complexity index is 403. The fourth-order valence-corrected chi connectivity index (χ4v) is 3.28. The number of amides is 1. The van der Waals surface area contributed by atoms with E-state index in [-0.39, 0.29) is 11.9 Å². The summed E-state index contributed by atoms with van der Waals surface area (Å²) in [7, 11) is 0. The molecule has 5 nitrogen and oxygen atoms in total. The molecule has 0 saturated carbocycles. The summed E-state index contributed by atoms with van der Waals surface area (Å²) in [5.74, 6) is 2.79. The van der Waals surface area contributed by atoms with Gasteiger partial charge in [0.1, 0.15) is 0 Å². The van der Waals surface area contributed by atoms with E-state index in [9.17, 15) is 4.79 Å². The van der Waals surface area contributed by atoms with Gasteiger partial charge in [0.2, 0.25) is 5.91 Å². The molecule has 1 aromatic heterocycles. The van der Waals surface area contributed by atoms with Crippen LogP contribution in [-0.2, 0) is 11.3 Å². The van der Waals surface area contributed by atoms with E-state index in [2.05, 4.69) is 22.2 Å². The predicted octanol–water partition coefficient (Wildman–Crippen LogP) is 1.07. The maximum absolute atomic E-state index is 12.2. The Morgan fingerprint density at radius 1 is 1.40 bits per heavy atom. The number of hydrogen-bond donors (Lipinski definition) is 1. The third-order valence-corrected chi connectivity index (χ3v) is 4.60. The molecular formula is C14H24N4OS. The van der Waals surface area contributed by atoms with Crippen molar-refractivity contribution in [3.05, 3.63) is 18.5 Å². The number of carbonyl (C=O) groups excluding carboxylic acids is 1. The number of nitrogens with one attached hydrogen (secondary N) is 1. The van der Waals surface area contributed by atoms with Crippen molar-refractivity contribution in [3.8, 4) is 0 Å². The van der Waals surface area contributed by atoms with Gasteiger partial charge in [0, 0.05) is 50.1 Å². The summed E-state index contributed by atoms with van der Waals surface area (Å²) in [4.78, 5) is 14.4. The van der Waals surface area contributed by atoms with Crippen LogP contribution in [0.2, 0.25) is 0 Å². The van der Waals surface area contributed by atoms with E-state index in [0.29, 0.717) is 12.5 Å². The Labute approximate surface area is 125 Å². The molecule has 0 unspecified atom stereocenters. The van der Waals surface area contributed by atoms with E-state index < -0.39 is 0 Å². The molecule has 1 aliphatic rings. The lowest BCUT2D eigenvalue weighted by Gasteiger charge is -2.31. The molecule has 0 bridgehead atoms. The monoisotopic (exact) mass is 296 g/mol. The number of carbonyl (C=O) groups is 1. The van der Waals surface area contributed by atoms with E-state index in [1.807, 2.05) is 35.6 Å². The van der Waals surface area contributed by atoms with Crippen LogP contribution in [0.3, 0.4) is 0 Å². The SMILES string of the molecule is C[C@@H](CNC(=O)[C@H](C)N1CCSCC1)Cn1cccn1. The quantitative estimate of drug-likeness (QED) is 0.853. The summed E-state index contributed by atoms with van der Waals surface area (Å²) in [6.45, 7) is 7.70. The van der Waals surface area contributed by atoms with Gasteiger partial charge in [-0.3, -0.25) is 14.4 Å². The lowest BCUT2D eigenvalue weighted by molar-refractivity contribution is -0.125. The molecule has 0 spiro atoms. The van der Waals surface area contributed by atoms with E-state index in [4.69, 9.17) is 0 Å². The summed E-state index contributed by atoms with van der Waals surface area (Å²) in [6, 6.07) is 1.90. The molecule has 1 N–H and O–H groups in total. The molecule has 112 valence electrons. The van der Waals surface area contributed by atoms with Crippen LogP contribution < -0.4 is 5.32 Å². The van der Waals surface area contributed by atoms with Gasteiger partial charge in [-0.25, -0.2) is 0 Å². The van der Waals surface area contributed by atoms with Crippen molar-refractivity contribution in [1.82, 2.24) is 20.0 Å². The van der Waals surface area contributed by atoms with Crippen LogP contribution in [0.1, 0.15) is 13.8 Å². The van der Waals surface area contributed by atoms with Gasteiger partial charge in [-0.15, -0.1) is 0 Å². The largest absolute Gasteiger partial charge is 0.354 e. The molecule has 20 heavy (non-hydrogen) atoms. The number of rotatable bonds is 6. The fourth-order valence-electron chi connectivity index (χ4n) is 2.35. The van der Waals surface area contributed by atoms with Gasteiger partial charge < -0.3 is 5.32 Å². The molecule has 6 heteroatoms. The van der Waals surface area contributed by atoms with Crippen LogP contribution in [0.5, 0.6) is 0 Å². The Morgan fingerprint density at radius 2 is 2.15 bits per heavy atom. The third kappa shape index (κ3) is 4.52. The van der Waals surface area contributed by atoms with Crippen molar-refractivity contribution >= 4 is 17.7 Å². The van der Waals surface area contributed by atoms with Gasteiger partial charge in [-0.2, -0.15) is 16.9 Å². The number of aromatic nitrogens is 2. The molecule has 1 amide bonds. The molecule has 2 heterocycles. The average molecular weight is 296 g/mol. The molecule has 0 aromatic carbocycles. The molecule has 2 rings (SSSR count). The van der Waals surface area contributed by atoms with Crippen molar-refractivity contribution in [3.63, 3.8) is 0 Å². The minimum atomic E-state index is -0.0206. The molecule has 1 saturated heterocycles. The van der Waals surface area contributed by atoms with Crippen LogP contribution in [0, 0.1) is 5.92 Å². The lowest BCUT2D eigenvalue weighted by atomic mass is 10.1. The zero-order chi connectivity index (χ0) is 14.4. The molecule has 2 atom stereocenters. The van der Waals surface area contributed by atoms with Crippen molar-refractivity contribution in [2.45, 2.75) is 26.4 Å². The van der Waals surface area contributed by atoms with Gasteiger partial charge >= 0.3 is 0 Å². The highest BCUT2D eigenvalue weighted by Gasteiger charge is 2.22. The summed E-state index contributed by atoms with van der Waals surface area (Å²) in [5, 5.41) is 7.25.